The average molecular weight is 394 g/mol. The van der Waals surface area contributed by atoms with Gasteiger partial charge in [-0.15, -0.1) is 0 Å². The zero-order valence-corrected chi connectivity index (χ0v) is 16.7. The van der Waals surface area contributed by atoms with E-state index < -0.39 is 0 Å². The summed E-state index contributed by atoms with van der Waals surface area (Å²) in [4.78, 5) is 17.8. The highest BCUT2D eigenvalue weighted by atomic mass is 35.5. The van der Waals surface area contributed by atoms with Crippen LogP contribution in [-0.2, 0) is 0 Å². The minimum Gasteiger partial charge on any atom is -0.367 e. The third-order valence-electron chi connectivity index (χ3n) is 5.40. The Bertz CT molecular complexity index is 991. The van der Waals surface area contributed by atoms with Gasteiger partial charge in [0.15, 0.2) is 0 Å². The topological polar surface area (TPSA) is 35.6 Å². The van der Waals surface area contributed by atoms with E-state index in [0.29, 0.717) is 10.6 Å². The van der Waals surface area contributed by atoms with Gasteiger partial charge in [0.25, 0.3) is 5.91 Å². The highest BCUT2D eigenvalue weighted by Gasteiger charge is 2.20. The van der Waals surface area contributed by atoms with E-state index in [-0.39, 0.29) is 5.91 Å². The fourth-order valence-corrected chi connectivity index (χ4v) is 3.97. The van der Waals surface area contributed by atoms with Crippen LogP contribution in [0, 0.1) is 0 Å². The first-order valence-corrected chi connectivity index (χ1v) is 10.1. The molecular formula is C23H24ClN3O. The predicted molar refractivity (Wildman–Crippen MR) is 118 cm³/mol. The van der Waals surface area contributed by atoms with Crippen molar-refractivity contribution in [1.29, 1.82) is 0 Å². The highest BCUT2D eigenvalue weighted by Crippen LogP contribution is 2.31. The summed E-state index contributed by atoms with van der Waals surface area (Å²) in [6.07, 6.45) is 0. The number of rotatable bonds is 4. The third-order valence-corrected chi connectivity index (χ3v) is 5.64. The van der Waals surface area contributed by atoms with Gasteiger partial charge < -0.3 is 15.1 Å². The van der Waals surface area contributed by atoms with E-state index in [1.807, 2.05) is 60.7 Å². The molecule has 0 unspecified atom stereocenters. The van der Waals surface area contributed by atoms with Crippen LogP contribution in [0.15, 0.2) is 60.7 Å². The Morgan fingerprint density at radius 1 is 1.00 bits per heavy atom. The number of hydrogen-bond acceptors (Lipinski definition) is 3. The van der Waals surface area contributed by atoms with Crippen molar-refractivity contribution in [2.45, 2.75) is 6.92 Å². The number of likely N-dealkylation sites (N-methyl/N-ethyl adjacent to an activating group) is 1. The Hall–Kier alpha value is -2.56. The van der Waals surface area contributed by atoms with Crippen molar-refractivity contribution < 1.29 is 4.79 Å². The van der Waals surface area contributed by atoms with Crippen LogP contribution >= 0.6 is 11.6 Å². The molecule has 4 rings (SSSR count). The summed E-state index contributed by atoms with van der Waals surface area (Å²) in [5.41, 5.74) is 2.45. The van der Waals surface area contributed by atoms with Gasteiger partial charge in [0, 0.05) is 36.8 Å². The molecule has 1 aliphatic rings. The van der Waals surface area contributed by atoms with E-state index >= 15 is 0 Å². The average Bonchev–Trinajstić information content (AvgIpc) is 2.73. The minimum absolute atomic E-state index is 0.118. The third kappa shape index (κ3) is 3.84. The molecule has 0 saturated carbocycles. The quantitative estimate of drug-likeness (QED) is 0.685. The number of piperazine rings is 1. The van der Waals surface area contributed by atoms with Gasteiger partial charge in [0.1, 0.15) is 0 Å². The van der Waals surface area contributed by atoms with E-state index in [1.165, 1.54) is 0 Å². The summed E-state index contributed by atoms with van der Waals surface area (Å²) < 4.78 is 0. The number of carbonyl (C=O) groups is 1. The van der Waals surface area contributed by atoms with Crippen molar-refractivity contribution in [3.63, 3.8) is 0 Å². The molecule has 144 valence electrons. The predicted octanol–water partition coefficient (Wildman–Crippen LogP) is 4.89. The van der Waals surface area contributed by atoms with Crippen LogP contribution in [0.1, 0.15) is 17.3 Å². The number of anilines is 2. The fraction of sp³-hybridized carbons (Fsp3) is 0.261. The number of halogens is 1. The Balaban J connectivity index is 1.62. The highest BCUT2D eigenvalue weighted by molar-refractivity contribution is 6.31. The van der Waals surface area contributed by atoms with Gasteiger partial charge in [-0.05, 0) is 41.6 Å². The van der Waals surface area contributed by atoms with Crippen molar-refractivity contribution in [2.24, 2.45) is 0 Å². The van der Waals surface area contributed by atoms with E-state index in [4.69, 9.17) is 11.6 Å². The maximum Gasteiger partial charge on any atom is 0.256 e. The lowest BCUT2D eigenvalue weighted by Crippen LogP contribution is -2.46. The largest absolute Gasteiger partial charge is 0.367 e. The molecule has 0 bridgehead atoms. The van der Waals surface area contributed by atoms with Gasteiger partial charge in [-0.3, -0.25) is 4.79 Å². The van der Waals surface area contributed by atoms with Gasteiger partial charge in [0.05, 0.1) is 11.4 Å². The van der Waals surface area contributed by atoms with Crippen LogP contribution in [0.2, 0.25) is 5.02 Å². The lowest BCUT2D eigenvalue weighted by molar-refractivity contribution is 0.102. The van der Waals surface area contributed by atoms with E-state index in [2.05, 4.69) is 22.0 Å². The lowest BCUT2D eigenvalue weighted by Gasteiger charge is -2.36. The lowest BCUT2D eigenvalue weighted by atomic mass is 10.0. The maximum absolute atomic E-state index is 13.1. The second kappa shape index (κ2) is 8.21. The zero-order valence-electron chi connectivity index (χ0n) is 16.0. The van der Waals surface area contributed by atoms with Gasteiger partial charge in [-0.2, -0.15) is 0 Å². The Morgan fingerprint density at radius 2 is 1.75 bits per heavy atom. The smallest absolute Gasteiger partial charge is 0.256 e. The second-order valence-corrected chi connectivity index (χ2v) is 7.50. The van der Waals surface area contributed by atoms with Gasteiger partial charge in [-0.1, -0.05) is 54.9 Å². The number of nitrogens with zero attached hydrogens (tertiary/aromatic N) is 2. The summed E-state index contributed by atoms with van der Waals surface area (Å²) >= 11 is 6.25. The van der Waals surface area contributed by atoms with Gasteiger partial charge >= 0.3 is 0 Å². The number of amides is 1. The van der Waals surface area contributed by atoms with Gasteiger partial charge in [0.2, 0.25) is 0 Å². The Labute approximate surface area is 170 Å². The normalized spacial score (nSPS) is 15.0. The standard InChI is InChI=1S/C23H24ClN3O/c1-2-26-12-14-27(15-13-26)22-11-10-18(24)16-21(22)25-23(28)20-9-5-7-17-6-3-4-8-19(17)20/h3-11,16H,2,12-15H2,1H3,(H,25,28). The van der Waals surface area contributed by atoms with Gasteiger partial charge in [-0.25, -0.2) is 0 Å². The summed E-state index contributed by atoms with van der Waals surface area (Å²) in [7, 11) is 0. The molecule has 0 spiro atoms. The number of nitrogens with one attached hydrogen (secondary N) is 1. The number of hydrogen-bond donors (Lipinski definition) is 1. The van der Waals surface area contributed by atoms with Crippen molar-refractivity contribution in [1.82, 2.24) is 4.90 Å². The molecule has 0 radical (unpaired) electrons. The van der Waals surface area contributed by atoms with Crippen molar-refractivity contribution >= 4 is 39.7 Å². The number of fused-ring (bicyclic) bond motifs is 1. The molecular weight excluding hydrogens is 370 g/mol. The van der Waals surface area contributed by atoms with Crippen LogP contribution in [0.3, 0.4) is 0 Å². The van der Waals surface area contributed by atoms with Crippen molar-refractivity contribution in [3.05, 3.63) is 71.2 Å². The molecule has 0 aliphatic carbocycles. The summed E-state index contributed by atoms with van der Waals surface area (Å²) in [6, 6.07) is 19.5. The van der Waals surface area contributed by atoms with Crippen LogP contribution in [0.4, 0.5) is 11.4 Å². The molecule has 1 aliphatic heterocycles. The molecule has 0 atom stereocenters. The van der Waals surface area contributed by atoms with Crippen molar-refractivity contribution in [2.75, 3.05) is 42.9 Å². The number of benzene rings is 3. The van der Waals surface area contributed by atoms with E-state index in [0.717, 1.165) is 54.9 Å². The molecule has 1 saturated heterocycles. The zero-order chi connectivity index (χ0) is 19.5. The molecule has 5 heteroatoms. The Kier molecular flexibility index (Phi) is 5.51. The Morgan fingerprint density at radius 3 is 2.54 bits per heavy atom. The van der Waals surface area contributed by atoms with E-state index in [1.54, 1.807) is 0 Å². The monoisotopic (exact) mass is 393 g/mol. The first-order chi connectivity index (χ1) is 13.7. The first-order valence-electron chi connectivity index (χ1n) is 9.71. The maximum atomic E-state index is 13.1. The SMILES string of the molecule is CCN1CCN(c2ccc(Cl)cc2NC(=O)c2cccc3ccccc23)CC1. The summed E-state index contributed by atoms with van der Waals surface area (Å²) in [6.45, 7) is 7.18. The van der Waals surface area contributed by atoms with Crippen LogP contribution in [0.5, 0.6) is 0 Å². The number of carbonyl (C=O) groups excluding carboxylic acids is 1. The van der Waals surface area contributed by atoms with Crippen LogP contribution in [-0.4, -0.2) is 43.5 Å². The molecule has 1 fully saturated rings. The van der Waals surface area contributed by atoms with Crippen LogP contribution in [0.25, 0.3) is 10.8 Å². The van der Waals surface area contributed by atoms with Crippen molar-refractivity contribution in [3.8, 4) is 0 Å². The summed E-state index contributed by atoms with van der Waals surface area (Å²) in [5.74, 6) is -0.118. The molecule has 28 heavy (non-hydrogen) atoms. The van der Waals surface area contributed by atoms with E-state index in [9.17, 15) is 4.79 Å². The fourth-order valence-electron chi connectivity index (χ4n) is 3.80. The summed E-state index contributed by atoms with van der Waals surface area (Å²) in [5, 5.41) is 5.72. The minimum atomic E-state index is -0.118. The molecule has 3 aromatic carbocycles. The molecule has 4 nitrogen and oxygen atoms in total. The molecule has 1 amide bonds. The van der Waals surface area contributed by atoms with Crippen LogP contribution < -0.4 is 10.2 Å². The first kappa shape index (κ1) is 18.8. The molecule has 1 N–H and O–H groups in total. The molecule has 1 heterocycles. The molecule has 3 aromatic rings. The second-order valence-electron chi connectivity index (χ2n) is 7.06. The molecule has 0 aromatic heterocycles.